The minimum absolute atomic E-state index is 0.0248. The van der Waals surface area contributed by atoms with Crippen LogP contribution in [0, 0.1) is 0 Å². The predicted octanol–water partition coefficient (Wildman–Crippen LogP) is 3.79. The molecule has 5 heteroatoms. The number of rotatable bonds is 6. The van der Waals surface area contributed by atoms with Crippen molar-refractivity contribution >= 4 is 11.7 Å². The summed E-state index contributed by atoms with van der Waals surface area (Å²) in [5.74, 6) is 1.33. The Bertz CT molecular complexity index is 905. The topological polar surface area (TPSA) is 64.6 Å². The number of aryl methyl sites for hydroxylation is 2. The lowest BCUT2D eigenvalue weighted by Gasteiger charge is -2.21. The lowest BCUT2D eigenvalue weighted by atomic mass is 10.0. The molecular formula is C23H25NO4. The molecule has 4 rings (SSSR count). The van der Waals surface area contributed by atoms with Gasteiger partial charge < -0.3 is 14.8 Å². The average molecular weight is 379 g/mol. The third-order valence-corrected chi connectivity index (χ3v) is 5.44. The van der Waals surface area contributed by atoms with Gasteiger partial charge in [0.2, 0.25) is 5.91 Å². The molecule has 0 saturated carbocycles. The van der Waals surface area contributed by atoms with E-state index in [-0.39, 0.29) is 30.6 Å². The van der Waals surface area contributed by atoms with Crippen molar-refractivity contribution in [2.75, 3.05) is 13.2 Å². The number of hydrogen-bond donors (Lipinski definition) is 1. The fourth-order valence-corrected chi connectivity index (χ4v) is 3.84. The summed E-state index contributed by atoms with van der Waals surface area (Å²) in [6.45, 7) is 3.00. The molecule has 1 unspecified atom stereocenters. The van der Waals surface area contributed by atoms with E-state index in [0.29, 0.717) is 24.5 Å². The van der Waals surface area contributed by atoms with Crippen molar-refractivity contribution in [3.8, 4) is 11.5 Å². The molecule has 2 aliphatic rings. The van der Waals surface area contributed by atoms with Crippen LogP contribution < -0.4 is 14.8 Å². The van der Waals surface area contributed by atoms with Gasteiger partial charge in [0, 0.05) is 18.4 Å². The van der Waals surface area contributed by atoms with Gasteiger partial charge in [-0.1, -0.05) is 18.2 Å². The van der Waals surface area contributed by atoms with Crippen LogP contribution in [0.3, 0.4) is 0 Å². The monoisotopic (exact) mass is 379 g/mol. The van der Waals surface area contributed by atoms with Gasteiger partial charge in [-0.15, -0.1) is 0 Å². The van der Waals surface area contributed by atoms with Gasteiger partial charge in [0.15, 0.2) is 17.3 Å². The maximum Gasteiger partial charge on any atom is 0.220 e. The van der Waals surface area contributed by atoms with Gasteiger partial charge in [-0.2, -0.15) is 0 Å². The van der Waals surface area contributed by atoms with E-state index in [1.807, 2.05) is 37.3 Å². The molecule has 1 atom stereocenters. The number of carbonyl (C=O) groups is 2. The summed E-state index contributed by atoms with van der Waals surface area (Å²) >= 11 is 0. The van der Waals surface area contributed by atoms with Crippen molar-refractivity contribution in [1.82, 2.24) is 5.32 Å². The third-order valence-electron chi connectivity index (χ3n) is 5.44. The van der Waals surface area contributed by atoms with Crippen LogP contribution in [0.15, 0.2) is 36.4 Å². The van der Waals surface area contributed by atoms with E-state index < -0.39 is 0 Å². The molecule has 2 aromatic carbocycles. The average Bonchev–Trinajstić information content (AvgIpc) is 3.19. The van der Waals surface area contributed by atoms with Gasteiger partial charge in [0.05, 0.1) is 6.04 Å². The first kappa shape index (κ1) is 18.5. The van der Waals surface area contributed by atoms with Crippen LogP contribution in [-0.2, 0) is 17.6 Å². The number of hydrogen-bond acceptors (Lipinski definition) is 4. The highest BCUT2D eigenvalue weighted by molar-refractivity contribution is 5.98. The fraction of sp³-hybridized carbons (Fsp3) is 0.391. The number of nitrogens with one attached hydrogen (secondary N) is 1. The molecule has 0 bridgehead atoms. The number of fused-ring (bicyclic) bond motifs is 2. The van der Waals surface area contributed by atoms with Gasteiger partial charge in [0.25, 0.3) is 0 Å². The minimum atomic E-state index is -0.168. The Kier molecular flexibility index (Phi) is 5.33. The molecule has 1 N–H and O–H groups in total. The summed E-state index contributed by atoms with van der Waals surface area (Å²) in [5, 5.41) is 2.96. The molecule has 0 radical (unpaired) electrons. The van der Waals surface area contributed by atoms with Crippen molar-refractivity contribution < 1.29 is 19.1 Å². The SMILES string of the molecule is CC(NC(=O)CCC(=O)c1ccc2c(c1)CCC2)c1ccc2c(c1)OCCO2. The van der Waals surface area contributed by atoms with Gasteiger partial charge >= 0.3 is 0 Å². The maximum absolute atomic E-state index is 12.5. The Labute approximate surface area is 165 Å². The largest absolute Gasteiger partial charge is 0.486 e. The molecule has 146 valence electrons. The molecule has 0 aromatic heterocycles. The molecule has 0 fully saturated rings. The molecule has 0 saturated heterocycles. The Morgan fingerprint density at radius 2 is 1.75 bits per heavy atom. The number of ketones is 1. The van der Waals surface area contributed by atoms with Gasteiger partial charge in [0.1, 0.15) is 13.2 Å². The second kappa shape index (κ2) is 8.05. The van der Waals surface area contributed by atoms with Gasteiger partial charge in [-0.25, -0.2) is 0 Å². The van der Waals surface area contributed by atoms with E-state index in [9.17, 15) is 9.59 Å². The van der Waals surface area contributed by atoms with E-state index in [1.54, 1.807) is 0 Å². The molecule has 1 aliphatic heterocycles. The molecule has 2 aromatic rings. The lowest BCUT2D eigenvalue weighted by Crippen LogP contribution is -2.27. The first-order valence-corrected chi connectivity index (χ1v) is 9.94. The Balaban J connectivity index is 1.31. The zero-order chi connectivity index (χ0) is 19.5. The van der Waals surface area contributed by atoms with Crippen molar-refractivity contribution in [3.05, 3.63) is 58.7 Å². The fourth-order valence-electron chi connectivity index (χ4n) is 3.84. The van der Waals surface area contributed by atoms with E-state index >= 15 is 0 Å². The highest BCUT2D eigenvalue weighted by Gasteiger charge is 2.18. The smallest absolute Gasteiger partial charge is 0.220 e. The van der Waals surface area contributed by atoms with E-state index in [4.69, 9.17) is 9.47 Å². The Morgan fingerprint density at radius 1 is 0.964 bits per heavy atom. The van der Waals surface area contributed by atoms with E-state index in [1.165, 1.54) is 11.1 Å². The second-order valence-corrected chi connectivity index (χ2v) is 7.45. The summed E-state index contributed by atoms with van der Waals surface area (Å²) in [7, 11) is 0. The highest BCUT2D eigenvalue weighted by Crippen LogP contribution is 2.32. The summed E-state index contributed by atoms with van der Waals surface area (Å²) in [6.07, 6.45) is 3.71. The van der Waals surface area contributed by atoms with Crippen LogP contribution in [-0.4, -0.2) is 24.9 Å². The maximum atomic E-state index is 12.5. The second-order valence-electron chi connectivity index (χ2n) is 7.45. The minimum Gasteiger partial charge on any atom is -0.486 e. The van der Waals surface area contributed by atoms with Crippen LogP contribution in [0.4, 0.5) is 0 Å². The number of ether oxygens (including phenoxy) is 2. The summed E-state index contributed by atoms with van der Waals surface area (Å²) < 4.78 is 11.1. The molecule has 5 nitrogen and oxygen atoms in total. The van der Waals surface area contributed by atoms with E-state index in [0.717, 1.165) is 30.6 Å². The summed E-state index contributed by atoms with van der Waals surface area (Å²) in [6, 6.07) is 11.5. The number of amides is 1. The molecule has 1 amide bonds. The molecular weight excluding hydrogens is 354 g/mol. The van der Waals surface area contributed by atoms with Crippen molar-refractivity contribution in [3.63, 3.8) is 0 Å². The number of benzene rings is 2. The Hall–Kier alpha value is -2.82. The number of Topliss-reactive ketones (excluding diaryl/α,β-unsaturated/α-hetero) is 1. The first-order chi connectivity index (χ1) is 13.6. The molecule has 1 aliphatic carbocycles. The van der Waals surface area contributed by atoms with Crippen molar-refractivity contribution in [2.45, 2.75) is 45.1 Å². The van der Waals surface area contributed by atoms with Crippen molar-refractivity contribution in [2.24, 2.45) is 0 Å². The van der Waals surface area contributed by atoms with Gasteiger partial charge in [-0.05, 0) is 61.1 Å². The lowest BCUT2D eigenvalue weighted by molar-refractivity contribution is -0.121. The predicted molar refractivity (Wildman–Crippen MR) is 106 cm³/mol. The molecule has 1 heterocycles. The van der Waals surface area contributed by atoms with Crippen LogP contribution in [0.25, 0.3) is 0 Å². The quantitative estimate of drug-likeness (QED) is 0.776. The van der Waals surface area contributed by atoms with Crippen LogP contribution in [0.5, 0.6) is 11.5 Å². The zero-order valence-electron chi connectivity index (χ0n) is 16.1. The normalized spacial score (nSPS) is 15.6. The Morgan fingerprint density at radius 3 is 2.61 bits per heavy atom. The zero-order valence-corrected chi connectivity index (χ0v) is 16.1. The van der Waals surface area contributed by atoms with Crippen LogP contribution in [0.1, 0.15) is 59.3 Å². The standard InChI is InChI=1S/C23H25NO4/c1-15(17-7-9-21-22(14-17)28-12-11-27-21)24-23(26)10-8-20(25)19-6-5-16-3-2-4-18(16)13-19/h5-7,9,13-15H,2-4,8,10-12H2,1H3,(H,24,26). The van der Waals surface area contributed by atoms with Crippen LogP contribution in [0.2, 0.25) is 0 Å². The molecule has 28 heavy (non-hydrogen) atoms. The van der Waals surface area contributed by atoms with Crippen molar-refractivity contribution in [1.29, 1.82) is 0 Å². The number of carbonyl (C=O) groups excluding carboxylic acids is 2. The van der Waals surface area contributed by atoms with Gasteiger partial charge in [-0.3, -0.25) is 9.59 Å². The summed E-state index contributed by atoms with van der Waals surface area (Å²) in [5.41, 5.74) is 4.29. The van der Waals surface area contributed by atoms with Crippen LogP contribution >= 0.6 is 0 Å². The highest BCUT2D eigenvalue weighted by atomic mass is 16.6. The molecule has 0 spiro atoms. The van der Waals surface area contributed by atoms with E-state index in [2.05, 4.69) is 11.4 Å². The first-order valence-electron chi connectivity index (χ1n) is 9.94. The third kappa shape index (κ3) is 4.03. The summed E-state index contributed by atoms with van der Waals surface area (Å²) in [4.78, 5) is 24.8.